The van der Waals surface area contributed by atoms with Gasteiger partial charge in [-0.3, -0.25) is 9.59 Å². The Labute approximate surface area is 172 Å². The molecule has 2 amide bonds. The van der Waals surface area contributed by atoms with Crippen molar-refractivity contribution in [2.45, 2.75) is 38.6 Å². The van der Waals surface area contributed by atoms with Crippen molar-refractivity contribution >= 4 is 27.5 Å². The monoisotopic (exact) mass is 417 g/mol. The first-order chi connectivity index (χ1) is 13.7. The number of carbonyl (C=O) groups excluding carboxylic acids is 2. The maximum atomic E-state index is 12.7. The van der Waals surface area contributed by atoms with Crippen LogP contribution in [0.3, 0.4) is 0 Å². The summed E-state index contributed by atoms with van der Waals surface area (Å²) in [6, 6.07) is 12.9. The lowest BCUT2D eigenvalue weighted by atomic mass is 10.1. The fourth-order valence-corrected chi connectivity index (χ4v) is 4.47. The molecule has 0 saturated heterocycles. The van der Waals surface area contributed by atoms with E-state index in [1.165, 1.54) is 23.4 Å². The van der Waals surface area contributed by atoms with Crippen LogP contribution in [0.15, 0.2) is 53.4 Å². The van der Waals surface area contributed by atoms with Crippen LogP contribution in [0.5, 0.6) is 0 Å². The number of nitrogens with zero attached hydrogens (tertiary/aromatic N) is 1. The fraction of sp³-hybridized carbons (Fsp3) is 0.333. The largest absolute Gasteiger partial charge is 0.346 e. The zero-order chi connectivity index (χ0) is 21.6. The summed E-state index contributed by atoms with van der Waals surface area (Å²) in [5.74, 6) is -0.552. The average molecular weight is 418 g/mol. The normalized spacial score (nSPS) is 12.4. The molecule has 0 aromatic heterocycles. The van der Waals surface area contributed by atoms with Crippen molar-refractivity contribution in [3.63, 3.8) is 0 Å². The number of anilines is 1. The number of hydrogen-bond acceptors (Lipinski definition) is 4. The van der Waals surface area contributed by atoms with Gasteiger partial charge in [0.25, 0.3) is 5.91 Å². The highest BCUT2D eigenvalue weighted by atomic mass is 32.2. The van der Waals surface area contributed by atoms with Crippen LogP contribution in [-0.2, 0) is 14.8 Å². The van der Waals surface area contributed by atoms with E-state index >= 15 is 0 Å². The van der Waals surface area contributed by atoms with E-state index in [1.807, 2.05) is 13.0 Å². The number of rotatable bonds is 8. The first kappa shape index (κ1) is 22.6. The third-order valence-corrected chi connectivity index (χ3v) is 6.54. The topological polar surface area (TPSA) is 95.6 Å². The van der Waals surface area contributed by atoms with E-state index < -0.39 is 10.0 Å². The Morgan fingerprint density at radius 3 is 2.31 bits per heavy atom. The first-order valence-electron chi connectivity index (χ1n) is 9.47. The molecule has 0 bridgehead atoms. The second-order valence-electron chi connectivity index (χ2n) is 6.62. The Morgan fingerprint density at radius 2 is 1.69 bits per heavy atom. The van der Waals surface area contributed by atoms with Crippen LogP contribution in [0.25, 0.3) is 0 Å². The fourth-order valence-electron chi connectivity index (χ4n) is 2.96. The zero-order valence-corrected chi connectivity index (χ0v) is 17.9. The van der Waals surface area contributed by atoms with Crippen LogP contribution in [0.4, 0.5) is 5.69 Å². The van der Waals surface area contributed by atoms with Gasteiger partial charge >= 0.3 is 0 Å². The van der Waals surface area contributed by atoms with Gasteiger partial charge in [0.2, 0.25) is 15.9 Å². The van der Waals surface area contributed by atoms with Crippen LogP contribution >= 0.6 is 0 Å². The summed E-state index contributed by atoms with van der Waals surface area (Å²) < 4.78 is 26.7. The lowest BCUT2D eigenvalue weighted by Gasteiger charge is -2.19. The predicted molar refractivity (Wildman–Crippen MR) is 113 cm³/mol. The van der Waals surface area contributed by atoms with Gasteiger partial charge in [-0.25, -0.2) is 8.42 Å². The highest BCUT2D eigenvalue weighted by Gasteiger charge is 2.23. The molecule has 0 heterocycles. The zero-order valence-electron chi connectivity index (χ0n) is 17.1. The van der Waals surface area contributed by atoms with Gasteiger partial charge in [0.15, 0.2) is 0 Å². The molecule has 29 heavy (non-hydrogen) atoms. The number of sulfonamides is 1. The molecule has 8 heteroatoms. The Balaban J connectivity index is 2.20. The summed E-state index contributed by atoms with van der Waals surface area (Å²) in [7, 11) is -3.64. The molecule has 0 aliphatic heterocycles. The second-order valence-corrected chi connectivity index (χ2v) is 8.56. The minimum atomic E-state index is -3.64. The van der Waals surface area contributed by atoms with Crippen molar-refractivity contribution in [2.75, 3.05) is 18.4 Å². The number of amides is 2. The van der Waals surface area contributed by atoms with Gasteiger partial charge in [0, 0.05) is 31.3 Å². The molecule has 0 spiro atoms. The number of nitrogens with one attached hydrogen (secondary N) is 2. The number of benzene rings is 2. The van der Waals surface area contributed by atoms with Crippen molar-refractivity contribution in [3.05, 3.63) is 59.7 Å². The summed E-state index contributed by atoms with van der Waals surface area (Å²) in [6.45, 7) is 7.51. The molecular weight excluding hydrogens is 390 g/mol. The summed E-state index contributed by atoms with van der Waals surface area (Å²) in [6.07, 6.45) is 0. The standard InChI is InChI=1S/C21H27N3O4S/c1-5-24(6-2)29(27,28)20-12-8-10-18(14-20)21(26)22-15(3)17-9-7-11-19(13-17)23-16(4)25/h7-15H,5-6H2,1-4H3,(H,22,26)(H,23,25). The molecule has 0 aliphatic rings. The number of hydrogen-bond donors (Lipinski definition) is 2. The summed E-state index contributed by atoms with van der Waals surface area (Å²) >= 11 is 0. The third kappa shape index (κ3) is 5.65. The maximum Gasteiger partial charge on any atom is 0.251 e. The highest BCUT2D eigenvalue weighted by molar-refractivity contribution is 7.89. The Hall–Kier alpha value is -2.71. The van der Waals surface area contributed by atoms with Crippen molar-refractivity contribution < 1.29 is 18.0 Å². The van der Waals surface area contributed by atoms with Gasteiger partial charge in [-0.1, -0.05) is 32.0 Å². The minimum absolute atomic E-state index is 0.0918. The Bertz CT molecular complexity index is 985. The summed E-state index contributed by atoms with van der Waals surface area (Å²) in [5, 5.41) is 5.58. The summed E-state index contributed by atoms with van der Waals surface area (Å²) in [5.41, 5.74) is 1.73. The molecular formula is C21H27N3O4S. The van der Waals surface area contributed by atoms with Crippen LogP contribution in [0.2, 0.25) is 0 Å². The van der Waals surface area contributed by atoms with Crippen molar-refractivity contribution in [3.8, 4) is 0 Å². The second kappa shape index (κ2) is 9.67. The van der Waals surface area contributed by atoms with Crippen LogP contribution < -0.4 is 10.6 Å². The Kier molecular flexibility index (Phi) is 7.53. The van der Waals surface area contributed by atoms with E-state index in [1.54, 1.807) is 44.2 Å². The highest BCUT2D eigenvalue weighted by Crippen LogP contribution is 2.20. The molecule has 1 unspecified atom stereocenters. The molecule has 2 N–H and O–H groups in total. The molecule has 0 saturated carbocycles. The van der Waals surface area contributed by atoms with E-state index in [0.717, 1.165) is 5.56 Å². The van der Waals surface area contributed by atoms with Gasteiger partial charge in [0.1, 0.15) is 0 Å². The van der Waals surface area contributed by atoms with Gasteiger partial charge in [0.05, 0.1) is 10.9 Å². The van der Waals surface area contributed by atoms with E-state index in [0.29, 0.717) is 18.8 Å². The quantitative estimate of drug-likeness (QED) is 0.690. The van der Waals surface area contributed by atoms with E-state index in [2.05, 4.69) is 10.6 Å². The van der Waals surface area contributed by atoms with Crippen molar-refractivity contribution in [1.82, 2.24) is 9.62 Å². The molecule has 0 aliphatic carbocycles. The smallest absolute Gasteiger partial charge is 0.251 e. The number of carbonyl (C=O) groups is 2. The SMILES string of the molecule is CCN(CC)S(=O)(=O)c1cccc(C(=O)NC(C)c2cccc(NC(C)=O)c2)c1. The van der Waals surface area contributed by atoms with E-state index in [-0.39, 0.29) is 28.3 Å². The Morgan fingerprint density at radius 1 is 1.03 bits per heavy atom. The molecule has 7 nitrogen and oxygen atoms in total. The van der Waals surface area contributed by atoms with Crippen molar-refractivity contribution in [1.29, 1.82) is 0 Å². The van der Waals surface area contributed by atoms with Gasteiger partial charge in [-0.05, 0) is 42.8 Å². The van der Waals surface area contributed by atoms with Gasteiger partial charge in [-0.15, -0.1) is 0 Å². The molecule has 2 rings (SSSR count). The lowest BCUT2D eigenvalue weighted by molar-refractivity contribution is -0.114. The molecule has 1 atom stereocenters. The maximum absolute atomic E-state index is 12.7. The van der Waals surface area contributed by atoms with Crippen LogP contribution in [0, 0.1) is 0 Å². The van der Waals surface area contributed by atoms with E-state index in [9.17, 15) is 18.0 Å². The van der Waals surface area contributed by atoms with Crippen LogP contribution in [0.1, 0.15) is 49.7 Å². The lowest BCUT2D eigenvalue weighted by Crippen LogP contribution is -2.31. The summed E-state index contributed by atoms with van der Waals surface area (Å²) in [4.78, 5) is 24.0. The first-order valence-corrected chi connectivity index (χ1v) is 10.9. The van der Waals surface area contributed by atoms with Gasteiger partial charge in [-0.2, -0.15) is 4.31 Å². The average Bonchev–Trinajstić information content (AvgIpc) is 2.68. The van der Waals surface area contributed by atoms with E-state index in [4.69, 9.17) is 0 Å². The molecule has 2 aromatic carbocycles. The molecule has 0 fully saturated rings. The van der Waals surface area contributed by atoms with Crippen molar-refractivity contribution in [2.24, 2.45) is 0 Å². The predicted octanol–water partition coefficient (Wildman–Crippen LogP) is 3.17. The molecule has 2 aromatic rings. The van der Waals surface area contributed by atoms with Crippen LogP contribution in [-0.4, -0.2) is 37.6 Å². The van der Waals surface area contributed by atoms with Gasteiger partial charge < -0.3 is 10.6 Å². The third-order valence-electron chi connectivity index (χ3n) is 4.49. The minimum Gasteiger partial charge on any atom is -0.346 e. The molecule has 156 valence electrons. The molecule has 0 radical (unpaired) electrons.